The van der Waals surface area contributed by atoms with Crippen molar-refractivity contribution in [1.82, 2.24) is 4.90 Å². The van der Waals surface area contributed by atoms with E-state index in [4.69, 9.17) is 5.53 Å². The van der Waals surface area contributed by atoms with Gasteiger partial charge in [0.1, 0.15) is 0 Å². The van der Waals surface area contributed by atoms with E-state index in [1.165, 1.54) is 31.5 Å². The van der Waals surface area contributed by atoms with Gasteiger partial charge in [0.05, 0.1) is 0 Å². The van der Waals surface area contributed by atoms with Crippen LogP contribution in [-0.2, 0) is 0 Å². The first kappa shape index (κ1) is 11.1. The molecule has 0 unspecified atom stereocenters. The van der Waals surface area contributed by atoms with Crippen molar-refractivity contribution in [3.05, 3.63) is 22.1 Å². The van der Waals surface area contributed by atoms with Crippen LogP contribution in [0.2, 0.25) is 0 Å². The molecule has 0 amide bonds. The van der Waals surface area contributed by atoms with Gasteiger partial charge in [-0.25, -0.2) is 0 Å². The zero-order chi connectivity index (χ0) is 10.2. The summed E-state index contributed by atoms with van der Waals surface area (Å²) in [6, 6.07) is 0. The van der Waals surface area contributed by atoms with E-state index in [1.54, 1.807) is 0 Å². The fourth-order valence-corrected chi connectivity index (χ4v) is 1.75. The minimum atomic E-state index is 0.529. The van der Waals surface area contributed by atoms with Crippen molar-refractivity contribution in [2.24, 2.45) is 5.11 Å². The van der Waals surface area contributed by atoms with Crippen molar-refractivity contribution in [2.45, 2.75) is 26.2 Å². The van der Waals surface area contributed by atoms with E-state index in [2.05, 4.69) is 21.0 Å². The summed E-state index contributed by atoms with van der Waals surface area (Å²) in [5, 5.41) is 3.58. The van der Waals surface area contributed by atoms with Gasteiger partial charge >= 0.3 is 0 Å². The maximum atomic E-state index is 8.21. The molecule has 4 heteroatoms. The lowest BCUT2D eigenvalue weighted by Crippen LogP contribution is -2.21. The van der Waals surface area contributed by atoms with E-state index in [0.29, 0.717) is 6.54 Å². The van der Waals surface area contributed by atoms with Crippen LogP contribution in [0.5, 0.6) is 0 Å². The molecule has 1 fully saturated rings. The third-order valence-electron chi connectivity index (χ3n) is 2.69. The van der Waals surface area contributed by atoms with Crippen molar-refractivity contribution >= 4 is 0 Å². The van der Waals surface area contributed by atoms with Crippen LogP contribution < -0.4 is 0 Å². The molecule has 1 aliphatic rings. The number of likely N-dealkylation sites (tertiary alicyclic amines) is 1. The topological polar surface area (TPSA) is 52.0 Å². The lowest BCUT2D eigenvalue weighted by Gasteiger charge is -2.14. The van der Waals surface area contributed by atoms with Crippen LogP contribution in [0.1, 0.15) is 26.2 Å². The number of rotatable bonds is 5. The second kappa shape index (κ2) is 6.46. The van der Waals surface area contributed by atoms with Crippen LogP contribution in [0.3, 0.4) is 0 Å². The number of hydrogen-bond acceptors (Lipinski definition) is 2. The van der Waals surface area contributed by atoms with E-state index >= 15 is 0 Å². The third kappa shape index (κ3) is 3.81. The van der Waals surface area contributed by atoms with E-state index in [9.17, 15) is 0 Å². The van der Waals surface area contributed by atoms with Gasteiger partial charge in [-0.15, -0.1) is 0 Å². The molecule has 0 N–H and O–H groups in total. The van der Waals surface area contributed by atoms with Crippen LogP contribution in [0.15, 0.2) is 16.8 Å². The predicted molar refractivity (Wildman–Crippen MR) is 58.1 cm³/mol. The molecule has 1 saturated heterocycles. The van der Waals surface area contributed by atoms with Gasteiger partial charge in [-0.3, -0.25) is 0 Å². The number of hydrogen-bond donors (Lipinski definition) is 0. The van der Waals surface area contributed by atoms with Crippen LogP contribution in [0.25, 0.3) is 10.4 Å². The highest BCUT2D eigenvalue weighted by Gasteiger charge is 2.10. The van der Waals surface area contributed by atoms with Gasteiger partial charge < -0.3 is 4.90 Å². The van der Waals surface area contributed by atoms with Crippen LogP contribution in [0, 0.1) is 0 Å². The summed E-state index contributed by atoms with van der Waals surface area (Å²) in [4.78, 5) is 5.25. The Morgan fingerprint density at radius 3 is 2.79 bits per heavy atom. The smallest absolute Gasteiger partial charge is 0.0470 e. The van der Waals surface area contributed by atoms with Crippen LogP contribution in [0.4, 0.5) is 0 Å². The Labute approximate surface area is 85.2 Å². The maximum Gasteiger partial charge on any atom is 0.0470 e. The molecule has 78 valence electrons. The summed E-state index contributed by atoms with van der Waals surface area (Å²) >= 11 is 0. The number of azide groups is 1. The van der Waals surface area contributed by atoms with Crippen molar-refractivity contribution in [1.29, 1.82) is 0 Å². The van der Waals surface area contributed by atoms with Crippen LogP contribution >= 0.6 is 0 Å². The summed E-state index contributed by atoms with van der Waals surface area (Å²) in [5.41, 5.74) is 9.46. The third-order valence-corrected chi connectivity index (χ3v) is 2.69. The lowest BCUT2D eigenvalue weighted by atomic mass is 10.2. The Hall–Kier alpha value is -0.990. The average Bonchev–Trinajstić information content (AvgIpc) is 2.71. The highest BCUT2D eigenvalue weighted by atomic mass is 15.1. The van der Waals surface area contributed by atoms with Gasteiger partial charge in [0.2, 0.25) is 0 Å². The maximum absolute atomic E-state index is 8.21. The van der Waals surface area contributed by atoms with Crippen molar-refractivity contribution in [3.8, 4) is 0 Å². The first-order chi connectivity index (χ1) is 6.86. The second-order valence-electron chi connectivity index (χ2n) is 3.63. The fourth-order valence-electron chi connectivity index (χ4n) is 1.75. The summed E-state index contributed by atoms with van der Waals surface area (Å²) in [7, 11) is 0. The predicted octanol–water partition coefficient (Wildman–Crippen LogP) is 2.73. The molecule has 0 saturated carbocycles. The molecule has 1 heterocycles. The summed E-state index contributed by atoms with van der Waals surface area (Å²) in [5.74, 6) is 0. The first-order valence-electron chi connectivity index (χ1n) is 5.24. The van der Waals surface area contributed by atoms with Gasteiger partial charge in [0.25, 0.3) is 0 Å². The minimum absolute atomic E-state index is 0.529. The Kier molecular flexibility index (Phi) is 5.12. The largest absolute Gasteiger partial charge is 0.303 e. The van der Waals surface area contributed by atoms with Gasteiger partial charge in [-0.1, -0.05) is 16.8 Å². The highest BCUT2D eigenvalue weighted by Crippen LogP contribution is 2.10. The molecule has 1 aliphatic heterocycles. The molecule has 0 aromatic heterocycles. The molecule has 1 rings (SSSR count). The first-order valence-corrected chi connectivity index (χ1v) is 5.24. The SMILES string of the molecule is CC=C(CCN1CCCC1)CN=[N+]=[N-]. The van der Waals surface area contributed by atoms with Gasteiger partial charge in [0, 0.05) is 18.0 Å². The van der Waals surface area contributed by atoms with E-state index < -0.39 is 0 Å². The second-order valence-corrected chi connectivity index (χ2v) is 3.63. The highest BCUT2D eigenvalue weighted by molar-refractivity contribution is 5.03. The monoisotopic (exact) mass is 194 g/mol. The molecule has 0 aromatic carbocycles. The molecule has 0 aliphatic carbocycles. The normalized spacial score (nSPS) is 18.2. The van der Waals surface area contributed by atoms with E-state index in [1.807, 2.05) is 6.92 Å². The Balaban J connectivity index is 2.23. The zero-order valence-electron chi connectivity index (χ0n) is 8.82. The quantitative estimate of drug-likeness (QED) is 0.287. The van der Waals surface area contributed by atoms with Gasteiger partial charge in [0.15, 0.2) is 0 Å². The van der Waals surface area contributed by atoms with Crippen molar-refractivity contribution < 1.29 is 0 Å². The minimum Gasteiger partial charge on any atom is -0.303 e. The summed E-state index contributed by atoms with van der Waals surface area (Å²) < 4.78 is 0. The van der Waals surface area contributed by atoms with Crippen molar-refractivity contribution in [3.63, 3.8) is 0 Å². The summed E-state index contributed by atoms with van der Waals surface area (Å²) in [6.45, 7) is 6.12. The molecule has 0 aromatic rings. The van der Waals surface area contributed by atoms with Crippen molar-refractivity contribution in [2.75, 3.05) is 26.2 Å². The average molecular weight is 194 g/mol. The van der Waals surface area contributed by atoms with Gasteiger partial charge in [-0.2, -0.15) is 0 Å². The molecule has 14 heavy (non-hydrogen) atoms. The molecule has 4 nitrogen and oxygen atoms in total. The number of allylic oxidation sites excluding steroid dienone is 1. The fraction of sp³-hybridized carbons (Fsp3) is 0.800. The molecular formula is C10H18N4. The molecule has 0 bridgehead atoms. The standard InChI is InChI=1S/C10H18N4/c1-2-10(9-12-13-11)5-8-14-6-3-4-7-14/h2H,3-9H2,1H3. The Bertz CT molecular complexity index is 235. The zero-order valence-corrected chi connectivity index (χ0v) is 8.82. The molecule has 0 spiro atoms. The van der Waals surface area contributed by atoms with E-state index in [-0.39, 0.29) is 0 Å². The molecule has 0 radical (unpaired) electrons. The van der Waals surface area contributed by atoms with Crippen LogP contribution in [-0.4, -0.2) is 31.1 Å². The lowest BCUT2D eigenvalue weighted by molar-refractivity contribution is 0.342. The number of nitrogens with zero attached hydrogens (tertiary/aromatic N) is 4. The molecule has 0 atom stereocenters. The Morgan fingerprint density at radius 1 is 1.50 bits per heavy atom. The van der Waals surface area contributed by atoms with E-state index in [0.717, 1.165) is 13.0 Å². The Morgan fingerprint density at radius 2 is 2.21 bits per heavy atom. The summed E-state index contributed by atoms with van der Waals surface area (Å²) in [6.07, 6.45) is 5.77. The van der Waals surface area contributed by atoms with Gasteiger partial charge in [-0.05, 0) is 44.8 Å². The molecular weight excluding hydrogens is 176 g/mol.